The van der Waals surface area contributed by atoms with Crippen molar-refractivity contribution in [3.63, 3.8) is 0 Å². The lowest BCUT2D eigenvalue weighted by atomic mass is 10.3. The van der Waals surface area contributed by atoms with E-state index in [1.807, 2.05) is 0 Å². The number of rotatable bonds is 2. The predicted molar refractivity (Wildman–Crippen MR) is 58.3 cm³/mol. The smallest absolute Gasteiger partial charge is 0.182 e. The highest BCUT2D eigenvalue weighted by molar-refractivity contribution is 5.68. The molecule has 0 saturated heterocycles. The quantitative estimate of drug-likeness (QED) is 0.819. The monoisotopic (exact) mass is 221 g/mol. The second-order valence-electron chi connectivity index (χ2n) is 3.17. The third-order valence-corrected chi connectivity index (χ3v) is 2.04. The van der Waals surface area contributed by atoms with Crippen molar-refractivity contribution >= 4 is 17.2 Å². The number of nitrogens with one attached hydrogen (secondary N) is 1. The van der Waals surface area contributed by atoms with E-state index in [9.17, 15) is 8.78 Å². The Bertz CT molecular complexity index is 514. The number of halogens is 2. The van der Waals surface area contributed by atoms with Crippen molar-refractivity contribution in [1.82, 2.24) is 4.98 Å². The van der Waals surface area contributed by atoms with E-state index in [0.29, 0.717) is 11.5 Å². The van der Waals surface area contributed by atoms with Gasteiger partial charge in [-0.15, -0.1) is 0 Å². The van der Waals surface area contributed by atoms with Crippen LogP contribution in [-0.2, 0) is 0 Å². The van der Waals surface area contributed by atoms with Gasteiger partial charge in [0, 0.05) is 6.20 Å². The molecule has 0 unspecified atom stereocenters. The molecule has 0 aliphatic carbocycles. The minimum Gasteiger partial charge on any atom is -0.396 e. The summed E-state index contributed by atoms with van der Waals surface area (Å²) in [4.78, 5) is 3.92. The van der Waals surface area contributed by atoms with Gasteiger partial charge in [0.1, 0.15) is 0 Å². The van der Waals surface area contributed by atoms with Crippen molar-refractivity contribution in [2.24, 2.45) is 0 Å². The Morgan fingerprint density at radius 3 is 2.69 bits per heavy atom. The fourth-order valence-electron chi connectivity index (χ4n) is 1.25. The van der Waals surface area contributed by atoms with Gasteiger partial charge in [-0.05, 0) is 24.3 Å². The average molecular weight is 221 g/mol. The second kappa shape index (κ2) is 4.14. The predicted octanol–water partition coefficient (Wildman–Crippen LogP) is 2.69. The molecule has 3 nitrogen and oxygen atoms in total. The molecule has 16 heavy (non-hydrogen) atoms. The van der Waals surface area contributed by atoms with Gasteiger partial charge in [-0.2, -0.15) is 0 Å². The van der Waals surface area contributed by atoms with E-state index in [2.05, 4.69) is 10.3 Å². The molecule has 0 aliphatic heterocycles. The van der Waals surface area contributed by atoms with Crippen molar-refractivity contribution in [3.05, 3.63) is 48.2 Å². The summed E-state index contributed by atoms with van der Waals surface area (Å²) in [6, 6.07) is 7.13. The van der Waals surface area contributed by atoms with Gasteiger partial charge in [-0.25, -0.2) is 13.8 Å². The van der Waals surface area contributed by atoms with Gasteiger partial charge in [-0.3, -0.25) is 0 Å². The van der Waals surface area contributed by atoms with Crippen LogP contribution in [0.2, 0.25) is 0 Å². The number of hydrogen-bond donors (Lipinski definition) is 2. The molecule has 0 bridgehead atoms. The van der Waals surface area contributed by atoms with E-state index < -0.39 is 11.6 Å². The van der Waals surface area contributed by atoms with Crippen molar-refractivity contribution in [2.75, 3.05) is 11.1 Å². The second-order valence-corrected chi connectivity index (χ2v) is 3.17. The molecule has 0 spiro atoms. The molecule has 2 aromatic rings. The van der Waals surface area contributed by atoms with E-state index in [-0.39, 0.29) is 5.69 Å². The number of benzene rings is 1. The van der Waals surface area contributed by atoms with Crippen LogP contribution in [0.4, 0.5) is 26.0 Å². The molecule has 0 amide bonds. The van der Waals surface area contributed by atoms with Crippen LogP contribution in [0, 0.1) is 11.6 Å². The molecule has 0 fully saturated rings. The molecule has 82 valence electrons. The highest BCUT2D eigenvalue weighted by Gasteiger charge is 2.08. The number of nitrogens with two attached hydrogens (primary N) is 1. The number of hydrogen-bond acceptors (Lipinski definition) is 3. The summed E-state index contributed by atoms with van der Waals surface area (Å²) in [6.07, 6.45) is 1.51. The molecule has 2 rings (SSSR count). The van der Waals surface area contributed by atoms with E-state index in [1.54, 1.807) is 12.1 Å². The van der Waals surface area contributed by atoms with Crippen molar-refractivity contribution in [3.8, 4) is 0 Å². The van der Waals surface area contributed by atoms with E-state index in [4.69, 9.17) is 5.73 Å². The average Bonchev–Trinajstić information content (AvgIpc) is 2.28. The van der Waals surface area contributed by atoms with Gasteiger partial charge in [0.05, 0.1) is 11.4 Å². The molecule has 0 radical (unpaired) electrons. The van der Waals surface area contributed by atoms with Gasteiger partial charge < -0.3 is 11.1 Å². The normalized spacial score (nSPS) is 10.1. The molecule has 1 aromatic heterocycles. The summed E-state index contributed by atoms with van der Waals surface area (Å²) >= 11 is 0. The molecule has 1 aromatic carbocycles. The largest absolute Gasteiger partial charge is 0.396 e. The molecule has 3 N–H and O–H groups in total. The lowest BCUT2D eigenvalue weighted by molar-refractivity contribution is 0.511. The summed E-state index contributed by atoms with van der Waals surface area (Å²) in [5.74, 6) is -1.57. The molecular weight excluding hydrogens is 212 g/mol. The van der Waals surface area contributed by atoms with Crippen LogP contribution in [0.15, 0.2) is 36.5 Å². The van der Waals surface area contributed by atoms with Gasteiger partial charge in [0.2, 0.25) is 0 Å². The van der Waals surface area contributed by atoms with E-state index in [0.717, 1.165) is 6.07 Å². The summed E-state index contributed by atoms with van der Waals surface area (Å²) in [7, 11) is 0. The summed E-state index contributed by atoms with van der Waals surface area (Å²) in [5, 5.41) is 2.63. The van der Waals surface area contributed by atoms with Crippen LogP contribution in [0.25, 0.3) is 0 Å². The molecule has 0 saturated carbocycles. The fraction of sp³-hybridized carbons (Fsp3) is 0. The maximum atomic E-state index is 13.3. The van der Waals surface area contributed by atoms with Crippen LogP contribution in [0.3, 0.4) is 0 Å². The van der Waals surface area contributed by atoms with Crippen LogP contribution >= 0.6 is 0 Å². The van der Waals surface area contributed by atoms with Crippen molar-refractivity contribution < 1.29 is 8.78 Å². The topological polar surface area (TPSA) is 50.9 Å². The number of aromatic nitrogens is 1. The Hall–Kier alpha value is -2.17. The fourth-order valence-corrected chi connectivity index (χ4v) is 1.25. The van der Waals surface area contributed by atoms with Gasteiger partial charge in [-0.1, -0.05) is 6.07 Å². The molecular formula is C11H9F2N3. The van der Waals surface area contributed by atoms with Crippen LogP contribution < -0.4 is 11.1 Å². The summed E-state index contributed by atoms with van der Waals surface area (Å²) < 4.78 is 26.2. The number of nitrogens with zero attached hydrogens (tertiary/aromatic N) is 1. The first-order valence-corrected chi connectivity index (χ1v) is 4.60. The van der Waals surface area contributed by atoms with E-state index in [1.165, 1.54) is 18.3 Å². The number of anilines is 3. The third kappa shape index (κ3) is 1.93. The Morgan fingerprint density at radius 1 is 1.12 bits per heavy atom. The maximum absolute atomic E-state index is 13.3. The van der Waals surface area contributed by atoms with Gasteiger partial charge >= 0.3 is 0 Å². The first-order chi connectivity index (χ1) is 7.68. The standard InChI is InChI=1S/C11H9F2N3/c12-7-3-1-5-9(10(7)13)16-11-8(14)4-2-6-15-11/h1-6H,14H2,(H,15,16). The first kappa shape index (κ1) is 10.4. The molecule has 0 atom stereocenters. The molecule has 1 heterocycles. The van der Waals surface area contributed by atoms with Crippen LogP contribution in [-0.4, -0.2) is 4.98 Å². The minimum atomic E-state index is -0.951. The zero-order chi connectivity index (χ0) is 11.5. The number of pyridine rings is 1. The Kier molecular flexibility index (Phi) is 2.68. The zero-order valence-corrected chi connectivity index (χ0v) is 8.24. The highest BCUT2D eigenvalue weighted by Crippen LogP contribution is 2.23. The van der Waals surface area contributed by atoms with E-state index >= 15 is 0 Å². The summed E-state index contributed by atoms with van der Waals surface area (Å²) in [6.45, 7) is 0. The lowest BCUT2D eigenvalue weighted by Gasteiger charge is -2.08. The third-order valence-electron chi connectivity index (χ3n) is 2.04. The minimum absolute atomic E-state index is 0.00500. The van der Waals surface area contributed by atoms with Gasteiger partial charge in [0.15, 0.2) is 17.5 Å². The summed E-state index contributed by atoms with van der Waals surface area (Å²) in [5.41, 5.74) is 5.99. The molecule has 0 aliphatic rings. The van der Waals surface area contributed by atoms with Gasteiger partial charge in [0.25, 0.3) is 0 Å². The zero-order valence-electron chi connectivity index (χ0n) is 8.24. The number of nitrogen functional groups attached to an aromatic ring is 1. The molecule has 5 heteroatoms. The van der Waals surface area contributed by atoms with Crippen LogP contribution in [0.5, 0.6) is 0 Å². The Morgan fingerprint density at radius 2 is 1.94 bits per heavy atom. The Labute approximate surface area is 90.9 Å². The highest BCUT2D eigenvalue weighted by atomic mass is 19.2. The SMILES string of the molecule is Nc1cccnc1Nc1cccc(F)c1F. The van der Waals surface area contributed by atoms with Crippen molar-refractivity contribution in [2.45, 2.75) is 0 Å². The van der Waals surface area contributed by atoms with Crippen LogP contribution in [0.1, 0.15) is 0 Å². The van der Waals surface area contributed by atoms with Crippen molar-refractivity contribution in [1.29, 1.82) is 0 Å². The lowest BCUT2D eigenvalue weighted by Crippen LogP contribution is -2.01. The first-order valence-electron chi connectivity index (χ1n) is 4.60. The Balaban J connectivity index is 2.35. The maximum Gasteiger partial charge on any atom is 0.182 e.